The number of amides is 1. The minimum absolute atomic E-state index is 0.0497. The van der Waals surface area contributed by atoms with Crippen LogP contribution >= 0.6 is 0 Å². The first-order valence-electron chi connectivity index (χ1n) is 12.0. The predicted octanol–water partition coefficient (Wildman–Crippen LogP) is 4.43. The molecule has 0 spiro atoms. The van der Waals surface area contributed by atoms with Crippen LogP contribution in [-0.2, 0) is 4.74 Å². The largest absolute Gasteiger partial charge is 0.439 e. The highest BCUT2D eigenvalue weighted by molar-refractivity contribution is 5.95. The molecule has 7 heteroatoms. The number of likely N-dealkylation sites (tertiary alicyclic amines) is 1. The normalized spacial score (nSPS) is 18.6. The number of pyridine rings is 2. The number of carbonyl (C=O) groups is 1. The number of anilines is 1. The van der Waals surface area contributed by atoms with Gasteiger partial charge in [-0.25, -0.2) is 9.97 Å². The first-order chi connectivity index (χ1) is 16.7. The van der Waals surface area contributed by atoms with Crippen LogP contribution in [-0.4, -0.2) is 60.2 Å². The molecule has 0 saturated carbocycles. The van der Waals surface area contributed by atoms with Gasteiger partial charge in [0.25, 0.3) is 5.91 Å². The molecule has 4 heterocycles. The van der Waals surface area contributed by atoms with E-state index in [4.69, 9.17) is 14.5 Å². The Morgan fingerprint density at radius 2 is 1.88 bits per heavy atom. The fraction of sp³-hybridized carbons (Fsp3) is 0.370. The van der Waals surface area contributed by atoms with Crippen molar-refractivity contribution in [3.63, 3.8) is 0 Å². The van der Waals surface area contributed by atoms with Gasteiger partial charge in [-0.15, -0.1) is 0 Å². The van der Waals surface area contributed by atoms with Gasteiger partial charge in [-0.3, -0.25) is 4.79 Å². The van der Waals surface area contributed by atoms with Crippen molar-refractivity contribution in [1.82, 2.24) is 14.9 Å². The molecule has 0 bridgehead atoms. The Labute approximate surface area is 200 Å². The Kier molecular flexibility index (Phi) is 6.72. The van der Waals surface area contributed by atoms with E-state index in [1.165, 1.54) is 5.56 Å². The number of aryl methyl sites for hydroxylation is 1. The second-order valence-electron chi connectivity index (χ2n) is 8.91. The van der Waals surface area contributed by atoms with Gasteiger partial charge < -0.3 is 19.3 Å². The lowest BCUT2D eigenvalue weighted by molar-refractivity contribution is 0.0705. The number of hydrogen-bond donors (Lipinski definition) is 0. The summed E-state index contributed by atoms with van der Waals surface area (Å²) in [7, 11) is 0. The van der Waals surface area contributed by atoms with Crippen molar-refractivity contribution in [3.8, 4) is 11.6 Å². The van der Waals surface area contributed by atoms with E-state index in [0.29, 0.717) is 31.2 Å². The van der Waals surface area contributed by atoms with Crippen LogP contribution < -0.4 is 9.64 Å². The highest BCUT2D eigenvalue weighted by Gasteiger charge is 2.27. The Morgan fingerprint density at radius 1 is 1.06 bits per heavy atom. The van der Waals surface area contributed by atoms with E-state index in [9.17, 15) is 4.79 Å². The van der Waals surface area contributed by atoms with Crippen LogP contribution in [0.25, 0.3) is 0 Å². The molecule has 0 aliphatic carbocycles. The number of hydrogen-bond acceptors (Lipinski definition) is 6. The summed E-state index contributed by atoms with van der Waals surface area (Å²) in [6, 6.07) is 17.5. The van der Waals surface area contributed by atoms with Crippen molar-refractivity contribution < 1.29 is 14.3 Å². The smallest absolute Gasteiger partial charge is 0.254 e. The standard InChI is InChI=1S/C27H30N4O3/c1-20-7-9-23(10-8-20)34-26-6-2-5-24(29-26)22-4-3-13-31(19-22)27(32)21-11-12-28-25(18-21)30-14-16-33-17-15-30/h2,5-12,18,22H,3-4,13-17,19H2,1H3. The van der Waals surface area contributed by atoms with Crippen LogP contribution in [0.2, 0.25) is 0 Å². The minimum Gasteiger partial charge on any atom is -0.439 e. The number of piperidine rings is 1. The van der Waals surface area contributed by atoms with Gasteiger partial charge in [0.1, 0.15) is 11.6 Å². The molecule has 2 saturated heterocycles. The highest BCUT2D eigenvalue weighted by Crippen LogP contribution is 2.29. The summed E-state index contributed by atoms with van der Waals surface area (Å²) in [5.74, 6) is 2.41. The molecule has 1 amide bonds. The Bertz CT molecular complexity index is 1130. The van der Waals surface area contributed by atoms with E-state index < -0.39 is 0 Å². The number of ether oxygens (including phenoxy) is 2. The van der Waals surface area contributed by atoms with Crippen LogP contribution in [0.15, 0.2) is 60.8 Å². The number of aromatic nitrogens is 2. The molecular weight excluding hydrogens is 428 g/mol. The van der Waals surface area contributed by atoms with E-state index in [1.54, 1.807) is 6.20 Å². The van der Waals surface area contributed by atoms with E-state index in [0.717, 1.165) is 49.7 Å². The lowest BCUT2D eigenvalue weighted by Crippen LogP contribution is -2.40. The summed E-state index contributed by atoms with van der Waals surface area (Å²) in [6.07, 6.45) is 3.68. The maximum Gasteiger partial charge on any atom is 0.254 e. The Morgan fingerprint density at radius 3 is 2.71 bits per heavy atom. The molecule has 2 aromatic heterocycles. The third kappa shape index (κ3) is 5.20. The fourth-order valence-corrected chi connectivity index (χ4v) is 4.54. The zero-order valence-corrected chi connectivity index (χ0v) is 19.5. The average Bonchev–Trinajstić information content (AvgIpc) is 2.90. The third-order valence-corrected chi connectivity index (χ3v) is 6.44. The molecule has 1 unspecified atom stereocenters. The third-order valence-electron chi connectivity index (χ3n) is 6.44. The topological polar surface area (TPSA) is 67.8 Å². The van der Waals surface area contributed by atoms with Crippen molar-refractivity contribution in [1.29, 1.82) is 0 Å². The molecule has 2 aliphatic heterocycles. The molecule has 5 rings (SSSR count). The van der Waals surface area contributed by atoms with Crippen molar-refractivity contribution in [2.24, 2.45) is 0 Å². The molecular formula is C27H30N4O3. The van der Waals surface area contributed by atoms with Crippen LogP contribution in [0.5, 0.6) is 11.6 Å². The van der Waals surface area contributed by atoms with Crippen molar-refractivity contribution in [3.05, 3.63) is 77.6 Å². The monoisotopic (exact) mass is 458 g/mol. The van der Waals surface area contributed by atoms with E-state index >= 15 is 0 Å². The van der Waals surface area contributed by atoms with Gasteiger partial charge in [-0.1, -0.05) is 23.8 Å². The molecule has 0 radical (unpaired) electrons. The molecule has 1 atom stereocenters. The zero-order chi connectivity index (χ0) is 23.3. The predicted molar refractivity (Wildman–Crippen MR) is 131 cm³/mol. The van der Waals surface area contributed by atoms with Crippen LogP contribution in [0.4, 0.5) is 5.82 Å². The summed E-state index contributed by atoms with van der Waals surface area (Å²) in [6.45, 7) is 6.42. The van der Waals surface area contributed by atoms with Gasteiger partial charge in [0.15, 0.2) is 0 Å². The average molecular weight is 459 g/mol. The number of morpholine rings is 1. The highest BCUT2D eigenvalue weighted by atomic mass is 16.5. The second kappa shape index (κ2) is 10.2. The van der Waals surface area contributed by atoms with E-state index in [1.807, 2.05) is 66.4 Å². The maximum atomic E-state index is 13.4. The van der Waals surface area contributed by atoms with Crippen LogP contribution in [0.1, 0.15) is 40.4 Å². The Balaban J connectivity index is 1.27. The zero-order valence-electron chi connectivity index (χ0n) is 19.5. The lowest BCUT2D eigenvalue weighted by atomic mass is 9.94. The van der Waals surface area contributed by atoms with Gasteiger partial charge in [-0.05, 0) is 50.1 Å². The minimum atomic E-state index is 0.0497. The summed E-state index contributed by atoms with van der Waals surface area (Å²) in [5.41, 5.74) is 2.83. The molecule has 1 aromatic carbocycles. The molecule has 34 heavy (non-hydrogen) atoms. The van der Waals surface area contributed by atoms with E-state index in [2.05, 4.69) is 9.88 Å². The molecule has 3 aromatic rings. The lowest BCUT2D eigenvalue weighted by Gasteiger charge is -2.33. The molecule has 176 valence electrons. The summed E-state index contributed by atoms with van der Waals surface area (Å²) < 4.78 is 11.4. The van der Waals surface area contributed by atoms with Crippen molar-refractivity contribution in [2.75, 3.05) is 44.3 Å². The maximum absolute atomic E-state index is 13.4. The summed E-state index contributed by atoms with van der Waals surface area (Å²) in [5, 5.41) is 0. The molecule has 2 aliphatic rings. The summed E-state index contributed by atoms with van der Waals surface area (Å²) >= 11 is 0. The van der Waals surface area contributed by atoms with Gasteiger partial charge in [0.05, 0.1) is 13.2 Å². The number of nitrogens with zero attached hydrogens (tertiary/aromatic N) is 4. The van der Waals surface area contributed by atoms with Crippen LogP contribution in [0.3, 0.4) is 0 Å². The first kappa shape index (κ1) is 22.3. The van der Waals surface area contributed by atoms with Crippen molar-refractivity contribution >= 4 is 11.7 Å². The molecule has 7 nitrogen and oxygen atoms in total. The van der Waals surface area contributed by atoms with Gasteiger partial charge in [0.2, 0.25) is 5.88 Å². The number of carbonyl (C=O) groups excluding carboxylic acids is 1. The summed E-state index contributed by atoms with van der Waals surface area (Å²) in [4.78, 5) is 26.7. The van der Waals surface area contributed by atoms with Crippen molar-refractivity contribution in [2.45, 2.75) is 25.7 Å². The van der Waals surface area contributed by atoms with Crippen LogP contribution in [0, 0.1) is 6.92 Å². The molecule has 0 N–H and O–H groups in total. The quantitative estimate of drug-likeness (QED) is 0.563. The number of rotatable bonds is 5. The molecule has 2 fully saturated rings. The Hall–Kier alpha value is -3.45. The number of benzene rings is 1. The van der Waals surface area contributed by atoms with Gasteiger partial charge in [-0.2, -0.15) is 0 Å². The van der Waals surface area contributed by atoms with E-state index in [-0.39, 0.29) is 11.8 Å². The van der Waals surface area contributed by atoms with Gasteiger partial charge >= 0.3 is 0 Å². The fourth-order valence-electron chi connectivity index (χ4n) is 4.54. The van der Waals surface area contributed by atoms with Gasteiger partial charge in [0, 0.05) is 55.6 Å². The second-order valence-corrected chi connectivity index (χ2v) is 8.91. The first-order valence-corrected chi connectivity index (χ1v) is 12.0. The SMILES string of the molecule is Cc1ccc(Oc2cccc(C3CCCN(C(=O)c4ccnc(N5CCOCC5)c4)C3)n2)cc1.